The van der Waals surface area contributed by atoms with Crippen molar-refractivity contribution in [2.75, 3.05) is 18.9 Å². The van der Waals surface area contributed by atoms with E-state index in [1.54, 1.807) is 24.1 Å². The quantitative estimate of drug-likeness (QED) is 0.904. The molecule has 1 atom stereocenters. The second kappa shape index (κ2) is 4.41. The molecular weight excluding hydrogens is 275 g/mol. The van der Waals surface area contributed by atoms with E-state index in [1.807, 2.05) is 0 Å². The van der Waals surface area contributed by atoms with Gasteiger partial charge in [-0.15, -0.1) is 0 Å². The number of likely N-dealkylation sites (N-methyl/N-ethyl adjacent to an activating group) is 1. The van der Waals surface area contributed by atoms with Crippen LogP contribution in [0.1, 0.15) is 6.42 Å². The number of rotatable bonds is 2. The van der Waals surface area contributed by atoms with Gasteiger partial charge in [0.2, 0.25) is 5.91 Å². The summed E-state index contributed by atoms with van der Waals surface area (Å²) in [7, 11) is 1.75. The molecule has 16 heavy (non-hydrogen) atoms. The summed E-state index contributed by atoms with van der Waals surface area (Å²) in [6.07, 6.45) is 0.704. The Labute approximate surface area is 102 Å². The summed E-state index contributed by atoms with van der Waals surface area (Å²) in [5.74, 6) is -0.341. The van der Waals surface area contributed by atoms with Gasteiger partial charge in [0.05, 0.1) is 5.69 Å². The minimum absolute atomic E-state index is 0.00940. The monoisotopic (exact) mass is 286 g/mol. The predicted molar refractivity (Wildman–Crippen MR) is 63.8 cm³/mol. The third-order valence-corrected chi connectivity index (χ3v) is 3.37. The lowest BCUT2D eigenvalue weighted by Crippen LogP contribution is -2.31. The second-order valence-electron chi connectivity index (χ2n) is 3.84. The van der Waals surface area contributed by atoms with Gasteiger partial charge in [0.1, 0.15) is 11.9 Å². The zero-order chi connectivity index (χ0) is 11.7. The second-order valence-corrected chi connectivity index (χ2v) is 4.70. The molecule has 1 unspecified atom stereocenters. The van der Waals surface area contributed by atoms with Gasteiger partial charge < -0.3 is 10.2 Å². The number of nitrogens with zero attached hydrogens (tertiary/aromatic N) is 1. The Morgan fingerprint density at radius 1 is 1.56 bits per heavy atom. The van der Waals surface area contributed by atoms with Crippen molar-refractivity contribution in [3.8, 4) is 0 Å². The first-order valence-electron chi connectivity index (χ1n) is 5.05. The number of para-hydroxylation sites is 1. The number of benzene rings is 1. The maximum absolute atomic E-state index is 13.5. The number of nitrogens with one attached hydrogen (secondary N) is 1. The molecule has 2 rings (SSSR count). The molecule has 1 aromatic carbocycles. The summed E-state index contributed by atoms with van der Waals surface area (Å²) in [4.78, 5) is 13.3. The highest BCUT2D eigenvalue weighted by Crippen LogP contribution is 2.27. The predicted octanol–water partition coefficient (Wildman–Crippen LogP) is 2.23. The molecule has 0 aliphatic carbocycles. The number of halogens is 2. The van der Waals surface area contributed by atoms with E-state index in [2.05, 4.69) is 21.2 Å². The van der Waals surface area contributed by atoms with Crippen LogP contribution in [-0.2, 0) is 4.79 Å². The first kappa shape index (κ1) is 11.4. The SMILES string of the molecule is CN1CCC(Nc2c(F)cccc2Br)C1=O. The molecule has 0 spiro atoms. The van der Waals surface area contributed by atoms with Crippen molar-refractivity contribution in [3.05, 3.63) is 28.5 Å². The van der Waals surface area contributed by atoms with Crippen molar-refractivity contribution < 1.29 is 9.18 Å². The van der Waals surface area contributed by atoms with Crippen LogP contribution in [0.15, 0.2) is 22.7 Å². The minimum Gasteiger partial charge on any atom is -0.370 e. The van der Waals surface area contributed by atoms with Gasteiger partial charge in [-0.25, -0.2) is 4.39 Å². The van der Waals surface area contributed by atoms with Gasteiger partial charge in [-0.2, -0.15) is 0 Å². The van der Waals surface area contributed by atoms with Crippen LogP contribution < -0.4 is 5.32 Å². The van der Waals surface area contributed by atoms with Crippen LogP contribution in [-0.4, -0.2) is 30.4 Å². The fourth-order valence-corrected chi connectivity index (χ4v) is 2.22. The molecule has 0 aromatic heterocycles. The molecule has 86 valence electrons. The smallest absolute Gasteiger partial charge is 0.244 e. The molecule has 0 saturated carbocycles. The average Bonchev–Trinajstić information content (AvgIpc) is 2.55. The van der Waals surface area contributed by atoms with E-state index >= 15 is 0 Å². The van der Waals surface area contributed by atoms with Gasteiger partial charge in [0.15, 0.2) is 0 Å². The molecular formula is C11H12BrFN2O. The minimum atomic E-state index is -0.350. The fourth-order valence-electron chi connectivity index (χ4n) is 1.77. The Bertz CT molecular complexity index is 404. The van der Waals surface area contributed by atoms with Crippen molar-refractivity contribution in [2.24, 2.45) is 0 Å². The molecule has 1 fully saturated rings. The van der Waals surface area contributed by atoms with Crippen LogP contribution >= 0.6 is 15.9 Å². The Balaban J connectivity index is 2.19. The summed E-state index contributed by atoms with van der Waals surface area (Å²) in [5, 5.41) is 2.94. The van der Waals surface area contributed by atoms with E-state index in [0.29, 0.717) is 23.1 Å². The van der Waals surface area contributed by atoms with Crippen molar-refractivity contribution in [3.63, 3.8) is 0 Å². The van der Waals surface area contributed by atoms with Crippen LogP contribution in [0.5, 0.6) is 0 Å². The number of anilines is 1. The molecule has 1 heterocycles. The van der Waals surface area contributed by atoms with Crippen LogP contribution in [0.2, 0.25) is 0 Å². The number of hydrogen-bond acceptors (Lipinski definition) is 2. The lowest BCUT2D eigenvalue weighted by Gasteiger charge is -2.15. The Morgan fingerprint density at radius 2 is 2.31 bits per heavy atom. The van der Waals surface area contributed by atoms with Gasteiger partial charge in [-0.1, -0.05) is 6.07 Å². The van der Waals surface area contributed by atoms with Gasteiger partial charge in [-0.05, 0) is 34.5 Å². The van der Waals surface area contributed by atoms with Gasteiger partial charge in [0, 0.05) is 18.1 Å². The Morgan fingerprint density at radius 3 is 2.88 bits per heavy atom. The number of hydrogen-bond donors (Lipinski definition) is 1. The first-order chi connectivity index (χ1) is 7.59. The standard InChI is InChI=1S/C11H12BrFN2O/c1-15-6-5-9(11(15)16)14-10-7(12)3-2-4-8(10)13/h2-4,9,14H,5-6H2,1H3. The highest BCUT2D eigenvalue weighted by molar-refractivity contribution is 9.10. The number of amides is 1. The maximum atomic E-state index is 13.5. The number of carbonyl (C=O) groups is 1. The molecule has 1 N–H and O–H groups in total. The third kappa shape index (κ3) is 2.04. The average molecular weight is 287 g/mol. The van der Waals surface area contributed by atoms with Crippen LogP contribution in [0.4, 0.5) is 10.1 Å². The molecule has 1 aromatic rings. The van der Waals surface area contributed by atoms with E-state index in [1.165, 1.54) is 6.07 Å². The van der Waals surface area contributed by atoms with Crippen LogP contribution in [0.25, 0.3) is 0 Å². The van der Waals surface area contributed by atoms with Gasteiger partial charge >= 0.3 is 0 Å². The van der Waals surface area contributed by atoms with Gasteiger partial charge in [0.25, 0.3) is 0 Å². The maximum Gasteiger partial charge on any atom is 0.244 e. The lowest BCUT2D eigenvalue weighted by molar-refractivity contribution is -0.127. The first-order valence-corrected chi connectivity index (χ1v) is 5.84. The summed E-state index contributed by atoms with van der Waals surface area (Å²) < 4.78 is 14.1. The molecule has 1 saturated heterocycles. The number of carbonyl (C=O) groups excluding carboxylic acids is 1. The lowest BCUT2D eigenvalue weighted by atomic mass is 10.2. The summed E-state index contributed by atoms with van der Waals surface area (Å²) >= 11 is 3.26. The topological polar surface area (TPSA) is 32.3 Å². The molecule has 1 amide bonds. The van der Waals surface area contributed by atoms with Crippen LogP contribution in [0, 0.1) is 5.82 Å². The van der Waals surface area contributed by atoms with Crippen LogP contribution in [0.3, 0.4) is 0 Å². The van der Waals surface area contributed by atoms with Gasteiger partial charge in [-0.3, -0.25) is 4.79 Å². The normalized spacial score (nSPS) is 20.3. The zero-order valence-corrected chi connectivity index (χ0v) is 10.4. The van der Waals surface area contributed by atoms with Crippen molar-refractivity contribution in [1.29, 1.82) is 0 Å². The van der Waals surface area contributed by atoms with E-state index < -0.39 is 0 Å². The highest BCUT2D eigenvalue weighted by atomic mass is 79.9. The Hall–Kier alpha value is -1.10. The van der Waals surface area contributed by atoms with E-state index in [0.717, 1.165) is 0 Å². The van der Waals surface area contributed by atoms with Crippen molar-refractivity contribution in [2.45, 2.75) is 12.5 Å². The molecule has 1 aliphatic rings. The van der Waals surface area contributed by atoms with Crippen molar-refractivity contribution >= 4 is 27.5 Å². The van der Waals surface area contributed by atoms with E-state index in [-0.39, 0.29) is 17.8 Å². The van der Waals surface area contributed by atoms with E-state index in [9.17, 15) is 9.18 Å². The highest BCUT2D eigenvalue weighted by Gasteiger charge is 2.29. The molecule has 0 bridgehead atoms. The molecule has 5 heteroatoms. The summed E-state index contributed by atoms with van der Waals surface area (Å²) in [5.41, 5.74) is 0.358. The molecule has 3 nitrogen and oxygen atoms in total. The molecule has 0 radical (unpaired) electrons. The van der Waals surface area contributed by atoms with E-state index in [4.69, 9.17) is 0 Å². The molecule has 1 aliphatic heterocycles. The Kier molecular flexibility index (Phi) is 3.14. The third-order valence-electron chi connectivity index (χ3n) is 2.71. The summed E-state index contributed by atoms with van der Waals surface area (Å²) in [6, 6.07) is 4.41. The van der Waals surface area contributed by atoms with Crippen molar-refractivity contribution in [1.82, 2.24) is 4.90 Å². The summed E-state index contributed by atoms with van der Waals surface area (Å²) in [6.45, 7) is 0.711. The fraction of sp³-hybridized carbons (Fsp3) is 0.364. The zero-order valence-electron chi connectivity index (χ0n) is 8.84. The largest absolute Gasteiger partial charge is 0.370 e. The number of likely N-dealkylation sites (tertiary alicyclic amines) is 1.